The minimum atomic E-state index is -0.509. The molecule has 6 heteroatoms. The average Bonchev–Trinajstić information content (AvgIpc) is 3.27. The Morgan fingerprint density at radius 3 is 2.60 bits per heavy atom. The number of fused-ring (bicyclic) bond motifs is 1. The number of hydrogen-bond acceptors (Lipinski definition) is 3. The summed E-state index contributed by atoms with van der Waals surface area (Å²) in [5.74, 6) is -0.200. The molecule has 1 aliphatic carbocycles. The Morgan fingerprint density at radius 1 is 1.20 bits per heavy atom. The Labute approximate surface area is 147 Å². The fraction of sp³-hybridized carbons (Fsp3) is 0.526. The van der Waals surface area contributed by atoms with E-state index in [2.05, 4.69) is 10.4 Å². The predicted octanol–water partition coefficient (Wildman–Crippen LogP) is 2.09. The summed E-state index contributed by atoms with van der Waals surface area (Å²) in [5, 5.41) is 7.95. The quantitative estimate of drug-likeness (QED) is 0.930. The van der Waals surface area contributed by atoms with Crippen LogP contribution in [-0.4, -0.2) is 45.6 Å². The van der Waals surface area contributed by atoms with Crippen molar-refractivity contribution in [1.82, 2.24) is 20.0 Å². The molecule has 132 valence electrons. The molecule has 1 saturated heterocycles. The molecule has 6 nitrogen and oxygen atoms in total. The predicted molar refractivity (Wildman–Crippen MR) is 95.1 cm³/mol. The maximum absolute atomic E-state index is 12.6. The highest BCUT2D eigenvalue weighted by atomic mass is 16.2. The maximum atomic E-state index is 12.6. The van der Waals surface area contributed by atoms with Crippen LogP contribution in [0.4, 0.5) is 0 Å². The van der Waals surface area contributed by atoms with E-state index in [0.29, 0.717) is 11.0 Å². The van der Waals surface area contributed by atoms with Gasteiger partial charge >= 0.3 is 0 Å². The van der Waals surface area contributed by atoms with Gasteiger partial charge < -0.3 is 10.2 Å². The zero-order valence-electron chi connectivity index (χ0n) is 14.8. The molecule has 2 amide bonds. The zero-order chi connectivity index (χ0) is 17.6. The van der Waals surface area contributed by atoms with Crippen LogP contribution in [0.15, 0.2) is 24.4 Å². The number of aryl methyl sites for hydroxylation is 1. The maximum Gasteiger partial charge on any atom is 0.251 e. The molecule has 0 radical (unpaired) electrons. The number of benzene rings is 1. The molecule has 4 rings (SSSR count). The monoisotopic (exact) mass is 340 g/mol. The number of carbonyl (C=O) groups is 2. The first kappa shape index (κ1) is 16.1. The number of hydrogen-bond donors (Lipinski definition) is 1. The second-order valence-electron chi connectivity index (χ2n) is 7.56. The van der Waals surface area contributed by atoms with Gasteiger partial charge in [-0.2, -0.15) is 5.10 Å². The number of carbonyl (C=O) groups excluding carboxylic acids is 2. The molecule has 1 aromatic heterocycles. The SMILES string of the molecule is C[C@@H](NC(=O)c1ccc2c(cnn2C)c1)C(=O)N1CCC2(CC1)CC2. The molecule has 2 aliphatic rings. The van der Waals surface area contributed by atoms with Crippen molar-refractivity contribution in [1.29, 1.82) is 0 Å². The lowest BCUT2D eigenvalue weighted by Crippen LogP contribution is -2.49. The van der Waals surface area contributed by atoms with E-state index >= 15 is 0 Å². The molecule has 1 aliphatic heterocycles. The van der Waals surface area contributed by atoms with Gasteiger partial charge in [0.05, 0.1) is 11.7 Å². The van der Waals surface area contributed by atoms with Crippen molar-refractivity contribution < 1.29 is 9.59 Å². The van der Waals surface area contributed by atoms with Crippen LogP contribution in [0.25, 0.3) is 10.9 Å². The Hall–Kier alpha value is -2.37. The topological polar surface area (TPSA) is 67.2 Å². The van der Waals surface area contributed by atoms with E-state index in [4.69, 9.17) is 0 Å². The van der Waals surface area contributed by atoms with Gasteiger partial charge in [-0.15, -0.1) is 0 Å². The number of nitrogens with zero attached hydrogens (tertiary/aromatic N) is 3. The standard InChI is InChI=1S/C19H24N4O2/c1-13(18(25)23-9-7-19(5-6-19)8-10-23)21-17(24)14-3-4-16-15(11-14)12-20-22(16)2/h3-4,11-13H,5-10H2,1-2H3,(H,21,24)/t13-/m1/s1. The number of rotatable bonds is 3. The first-order valence-electron chi connectivity index (χ1n) is 8.99. The van der Waals surface area contributed by atoms with E-state index in [1.807, 2.05) is 24.1 Å². The smallest absolute Gasteiger partial charge is 0.251 e. The summed E-state index contributed by atoms with van der Waals surface area (Å²) in [5.41, 5.74) is 2.07. The number of aromatic nitrogens is 2. The average molecular weight is 340 g/mol. The lowest BCUT2D eigenvalue weighted by molar-refractivity contribution is -0.134. The molecule has 0 unspecified atom stereocenters. The van der Waals surface area contributed by atoms with Gasteiger partial charge in [-0.25, -0.2) is 0 Å². The van der Waals surface area contributed by atoms with Gasteiger partial charge in [-0.05, 0) is 56.2 Å². The van der Waals surface area contributed by atoms with Crippen LogP contribution in [-0.2, 0) is 11.8 Å². The van der Waals surface area contributed by atoms with E-state index < -0.39 is 6.04 Å². The van der Waals surface area contributed by atoms with E-state index in [9.17, 15) is 9.59 Å². The van der Waals surface area contributed by atoms with Crippen molar-refractivity contribution in [2.45, 2.75) is 38.6 Å². The normalized spacial score (nSPS) is 19.8. The van der Waals surface area contributed by atoms with Crippen molar-refractivity contribution in [2.75, 3.05) is 13.1 Å². The third-order valence-corrected chi connectivity index (χ3v) is 5.82. The van der Waals surface area contributed by atoms with E-state index in [0.717, 1.165) is 36.8 Å². The second kappa shape index (κ2) is 5.86. The first-order chi connectivity index (χ1) is 12.0. The molecule has 2 aromatic rings. The van der Waals surface area contributed by atoms with Gasteiger partial charge in [0.2, 0.25) is 5.91 Å². The van der Waals surface area contributed by atoms with Crippen molar-refractivity contribution in [2.24, 2.45) is 12.5 Å². The molecule has 25 heavy (non-hydrogen) atoms. The zero-order valence-corrected chi connectivity index (χ0v) is 14.8. The van der Waals surface area contributed by atoms with Crippen molar-refractivity contribution in [3.63, 3.8) is 0 Å². The van der Waals surface area contributed by atoms with Gasteiger partial charge in [0.25, 0.3) is 5.91 Å². The van der Waals surface area contributed by atoms with E-state index in [1.165, 1.54) is 12.8 Å². The van der Waals surface area contributed by atoms with E-state index in [-0.39, 0.29) is 11.8 Å². The third kappa shape index (κ3) is 3.01. The van der Waals surface area contributed by atoms with Crippen molar-refractivity contribution in [3.8, 4) is 0 Å². The summed E-state index contributed by atoms with van der Waals surface area (Å²) < 4.78 is 1.77. The molecular formula is C19H24N4O2. The first-order valence-corrected chi connectivity index (χ1v) is 8.99. The summed E-state index contributed by atoms with van der Waals surface area (Å²) in [6, 6.07) is 4.95. The summed E-state index contributed by atoms with van der Waals surface area (Å²) in [6.45, 7) is 3.41. The molecule has 2 fully saturated rings. The highest BCUT2D eigenvalue weighted by Crippen LogP contribution is 2.53. The number of amides is 2. The summed E-state index contributed by atoms with van der Waals surface area (Å²) in [4.78, 5) is 27.0. The molecular weight excluding hydrogens is 316 g/mol. The van der Waals surface area contributed by atoms with Crippen LogP contribution < -0.4 is 5.32 Å². The highest BCUT2D eigenvalue weighted by Gasteiger charge is 2.45. The van der Waals surface area contributed by atoms with Crippen LogP contribution in [0.3, 0.4) is 0 Å². The fourth-order valence-corrected chi connectivity index (χ4v) is 3.80. The van der Waals surface area contributed by atoms with Crippen LogP contribution >= 0.6 is 0 Å². The molecule has 1 aromatic carbocycles. The lowest BCUT2D eigenvalue weighted by atomic mass is 9.93. The van der Waals surface area contributed by atoms with Crippen LogP contribution in [0, 0.1) is 5.41 Å². The highest BCUT2D eigenvalue weighted by molar-refractivity contribution is 6.00. The van der Waals surface area contributed by atoms with Crippen LogP contribution in [0.5, 0.6) is 0 Å². The summed E-state index contributed by atoms with van der Waals surface area (Å²) in [6.07, 6.45) is 6.59. The molecule has 2 heterocycles. The van der Waals surface area contributed by atoms with Crippen molar-refractivity contribution in [3.05, 3.63) is 30.0 Å². The van der Waals surface area contributed by atoms with Gasteiger partial charge in [-0.1, -0.05) is 0 Å². The molecule has 1 spiro atoms. The minimum Gasteiger partial charge on any atom is -0.341 e. The van der Waals surface area contributed by atoms with Crippen LogP contribution in [0.2, 0.25) is 0 Å². The molecule has 1 N–H and O–H groups in total. The summed E-state index contributed by atoms with van der Waals surface area (Å²) in [7, 11) is 1.87. The Balaban J connectivity index is 1.39. The Kier molecular flexibility index (Phi) is 3.78. The molecule has 0 bridgehead atoms. The Bertz CT molecular complexity index is 827. The minimum absolute atomic E-state index is 0.0197. The van der Waals surface area contributed by atoms with Crippen LogP contribution in [0.1, 0.15) is 43.0 Å². The number of likely N-dealkylation sites (tertiary alicyclic amines) is 1. The lowest BCUT2D eigenvalue weighted by Gasteiger charge is -2.33. The van der Waals surface area contributed by atoms with Gasteiger partial charge in [0.15, 0.2) is 0 Å². The third-order valence-electron chi connectivity index (χ3n) is 5.82. The van der Waals surface area contributed by atoms with E-state index in [1.54, 1.807) is 23.9 Å². The summed E-state index contributed by atoms with van der Waals surface area (Å²) >= 11 is 0. The van der Waals surface area contributed by atoms with Gasteiger partial charge in [0, 0.05) is 31.1 Å². The second-order valence-corrected chi connectivity index (χ2v) is 7.56. The molecule has 1 atom stereocenters. The number of nitrogens with one attached hydrogen (secondary N) is 1. The fourth-order valence-electron chi connectivity index (χ4n) is 3.80. The largest absolute Gasteiger partial charge is 0.341 e. The Morgan fingerprint density at radius 2 is 1.92 bits per heavy atom. The van der Waals surface area contributed by atoms with Gasteiger partial charge in [0.1, 0.15) is 6.04 Å². The van der Waals surface area contributed by atoms with Gasteiger partial charge in [-0.3, -0.25) is 14.3 Å². The number of piperidine rings is 1. The molecule has 1 saturated carbocycles. The van der Waals surface area contributed by atoms with Crippen molar-refractivity contribution >= 4 is 22.7 Å².